The molecule has 1 aliphatic carbocycles. The molecule has 1 aromatic carbocycles. The molecule has 1 saturated carbocycles. The Morgan fingerprint density at radius 2 is 1.78 bits per heavy atom. The zero-order chi connectivity index (χ0) is 17.3. The van der Waals surface area contributed by atoms with Crippen molar-refractivity contribution in [2.75, 3.05) is 17.8 Å². The van der Waals surface area contributed by atoms with Gasteiger partial charge in [0.15, 0.2) is 19.7 Å². The van der Waals surface area contributed by atoms with Crippen molar-refractivity contribution in [1.29, 1.82) is 0 Å². The molecule has 0 aromatic heterocycles. The molecule has 2 atom stereocenters. The van der Waals surface area contributed by atoms with Crippen LogP contribution in [0.4, 0.5) is 5.69 Å². The molecule has 0 bridgehead atoms. The number of sulfone groups is 2. The third-order valence-electron chi connectivity index (χ3n) is 4.50. The average molecular weight is 360 g/mol. The molecule has 5 nitrogen and oxygen atoms in total. The first-order valence-electron chi connectivity index (χ1n) is 7.92. The molecule has 1 aromatic rings. The minimum absolute atomic E-state index is 0.0264. The SMILES string of the molecule is CCC1CCCC(Nc2ccc(S(C)(=O)=O)cc2S(C)(=O)=O)C1. The van der Waals surface area contributed by atoms with Gasteiger partial charge in [0.05, 0.1) is 15.5 Å². The molecule has 0 saturated heterocycles. The van der Waals surface area contributed by atoms with Crippen LogP contribution in [0, 0.1) is 5.92 Å². The van der Waals surface area contributed by atoms with E-state index in [0.717, 1.165) is 38.2 Å². The van der Waals surface area contributed by atoms with E-state index in [4.69, 9.17) is 0 Å². The van der Waals surface area contributed by atoms with E-state index < -0.39 is 19.7 Å². The van der Waals surface area contributed by atoms with Gasteiger partial charge >= 0.3 is 0 Å². The van der Waals surface area contributed by atoms with Gasteiger partial charge in [-0.05, 0) is 37.0 Å². The second kappa shape index (κ2) is 6.81. The summed E-state index contributed by atoms with van der Waals surface area (Å²) < 4.78 is 47.5. The normalized spacial score (nSPS) is 22.7. The quantitative estimate of drug-likeness (QED) is 0.874. The molecular weight excluding hydrogens is 334 g/mol. The summed E-state index contributed by atoms with van der Waals surface area (Å²) in [7, 11) is -6.95. The molecule has 2 rings (SSSR count). The zero-order valence-electron chi connectivity index (χ0n) is 13.9. The minimum Gasteiger partial charge on any atom is -0.381 e. The van der Waals surface area contributed by atoms with E-state index in [1.165, 1.54) is 18.6 Å². The lowest BCUT2D eigenvalue weighted by molar-refractivity contribution is 0.327. The second-order valence-corrected chi connectivity index (χ2v) is 10.5. The third-order valence-corrected chi connectivity index (χ3v) is 6.75. The summed E-state index contributed by atoms with van der Waals surface area (Å²) >= 11 is 0. The van der Waals surface area contributed by atoms with Crippen molar-refractivity contribution >= 4 is 25.4 Å². The Kier molecular flexibility index (Phi) is 5.41. The van der Waals surface area contributed by atoms with E-state index in [1.54, 1.807) is 6.07 Å². The van der Waals surface area contributed by atoms with Crippen molar-refractivity contribution < 1.29 is 16.8 Å². The summed E-state index contributed by atoms with van der Waals surface area (Å²) in [6.07, 6.45) is 7.70. The lowest BCUT2D eigenvalue weighted by Gasteiger charge is -2.30. The Hall–Kier alpha value is -1.08. The van der Waals surface area contributed by atoms with Crippen molar-refractivity contribution in [1.82, 2.24) is 0 Å². The maximum absolute atomic E-state index is 12.1. The number of hydrogen-bond acceptors (Lipinski definition) is 5. The van der Waals surface area contributed by atoms with Crippen LogP contribution in [0.25, 0.3) is 0 Å². The smallest absolute Gasteiger partial charge is 0.177 e. The summed E-state index contributed by atoms with van der Waals surface area (Å²) in [6.45, 7) is 2.18. The molecular formula is C16H25NO4S2. The highest BCUT2D eigenvalue weighted by Gasteiger charge is 2.23. The molecule has 2 unspecified atom stereocenters. The molecule has 1 fully saturated rings. The highest BCUT2D eigenvalue weighted by molar-refractivity contribution is 7.91. The van der Waals surface area contributed by atoms with Gasteiger partial charge in [-0.3, -0.25) is 0 Å². The van der Waals surface area contributed by atoms with Crippen LogP contribution >= 0.6 is 0 Å². The fraction of sp³-hybridized carbons (Fsp3) is 0.625. The lowest BCUT2D eigenvalue weighted by Crippen LogP contribution is -2.27. The first kappa shape index (κ1) is 18.3. The highest BCUT2D eigenvalue weighted by Crippen LogP contribution is 2.31. The van der Waals surface area contributed by atoms with Crippen molar-refractivity contribution in [2.24, 2.45) is 5.92 Å². The lowest BCUT2D eigenvalue weighted by atomic mass is 9.84. The number of benzene rings is 1. The van der Waals surface area contributed by atoms with Crippen LogP contribution in [0.3, 0.4) is 0 Å². The van der Waals surface area contributed by atoms with E-state index in [1.807, 2.05) is 0 Å². The van der Waals surface area contributed by atoms with Gasteiger partial charge in [0.25, 0.3) is 0 Å². The summed E-state index contributed by atoms with van der Waals surface area (Å²) in [5.74, 6) is 0.665. The van der Waals surface area contributed by atoms with E-state index in [2.05, 4.69) is 12.2 Å². The molecule has 0 amide bonds. The number of nitrogens with one attached hydrogen (secondary N) is 1. The van der Waals surface area contributed by atoms with E-state index in [-0.39, 0.29) is 15.8 Å². The Morgan fingerprint density at radius 1 is 1.09 bits per heavy atom. The van der Waals surface area contributed by atoms with E-state index >= 15 is 0 Å². The molecule has 1 N–H and O–H groups in total. The maximum Gasteiger partial charge on any atom is 0.177 e. The third kappa shape index (κ3) is 4.70. The first-order chi connectivity index (χ1) is 10.6. The molecule has 23 heavy (non-hydrogen) atoms. The van der Waals surface area contributed by atoms with Crippen LogP contribution in [-0.2, 0) is 19.7 Å². The predicted octanol–water partition coefficient (Wildman–Crippen LogP) is 2.87. The maximum atomic E-state index is 12.1. The Morgan fingerprint density at radius 3 is 2.35 bits per heavy atom. The molecule has 1 aliphatic rings. The van der Waals surface area contributed by atoms with Crippen LogP contribution in [0.1, 0.15) is 39.0 Å². The standard InChI is InChI=1S/C16H25NO4S2/c1-4-12-6-5-7-13(10-12)17-15-9-8-14(22(2,18)19)11-16(15)23(3,20)21/h8-9,11-13,17H,4-7,10H2,1-3H3. The largest absolute Gasteiger partial charge is 0.381 e. The molecule has 0 spiro atoms. The molecule has 130 valence electrons. The van der Waals surface area contributed by atoms with E-state index in [0.29, 0.717) is 11.6 Å². The summed E-state index contributed by atoms with van der Waals surface area (Å²) in [4.78, 5) is 0.0811. The Bertz CT molecular complexity index is 769. The van der Waals surface area contributed by atoms with E-state index in [9.17, 15) is 16.8 Å². The molecule has 7 heteroatoms. The average Bonchev–Trinajstić information content (AvgIpc) is 2.45. The fourth-order valence-electron chi connectivity index (χ4n) is 3.17. The van der Waals surface area contributed by atoms with Crippen molar-refractivity contribution in [2.45, 2.75) is 54.9 Å². The van der Waals surface area contributed by atoms with Crippen molar-refractivity contribution in [3.63, 3.8) is 0 Å². The van der Waals surface area contributed by atoms with Crippen LogP contribution in [-0.4, -0.2) is 35.4 Å². The molecule has 0 heterocycles. The van der Waals surface area contributed by atoms with Gasteiger partial charge in [0.2, 0.25) is 0 Å². The highest BCUT2D eigenvalue weighted by atomic mass is 32.2. The van der Waals surface area contributed by atoms with Crippen LogP contribution in [0.5, 0.6) is 0 Å². The monoisotopic (exact) mass is 359 g/mol. The Labute approximate surface area is 139 Å². The van der Waals surface area contributed by atoms with Gasteiger partial charge < -0.3 is 5.32 Å². The number of anilines is 1. The van der Waals surface area contributed by atoms with Crippen molar-refractivity contribution in [3.8, 4) is 0 Å². The van der Waals surface area contributed by atoms with Crippen LogP contribution < -0.4 is 5.32 Å². The second-order valence-electron chi connectivity index (χ2n) is 6.48. The molecule has 0 radical (unpaired) electrons. The van der Waals surface area contributed by atoms with Gasteiger partial charge in [-0.1, -0.05) is 26.2 Å². The minimum atomic E-state index is -3.51. The Balaban J connectivity index is 2.35. The summed E-state index contributed by atoms with van der Waals surface area (Å²) in [5.41, 5.74) is 0.502. The van der Waals surface area contributed by atoms with Gasteiger partial charge in [0, 0.05) is 18.6 Å². The number of hydrogen-bond donors (Lipinski definition) is 1. The van der Waals surface area contributed by atoms with Crippen LogP contribution in [0.15, 0.2) is 28.0 Å². The van der Waals surface area contributed by atoms with Gasteiger partial charge in [-0.25, -0.2) is 16.8 Å². The molecule has 0 aliphatic heterocycles. The summed E-state index contributed by atoms with van der Waals surface area (Å²) in [6, 6.07) is 4.53. The summed E-state index contributed by atoms with van der Waals surface area (Å²) in [5, 5.41) is 3.32. The first-order valence-corrected chi connectivity index (χ1v) is 11.7. The fourth-order valence-corrected chi connectivity index (χ4v) is 4.76. The number of rotatable bonds is 5. The van der Waals surface area contributed by atoms with Gasteiger partial charge in [0.1, 0.15) is 0 Å². The van der Waals surface area contributed by atoms with Crippen molar-refractivity contribution in [3.05, 3.63) is 18.2 Å². The predicted molar refractivity (Wildman–Crippen MR) is 92.3 cm³/mol. The van der Waals surface area contributed by atoms with Gasteiger partial charge in [-0.15, -0.1) is 0 Å². The van der Waals surface area contributed by atoms with Gasteiger partial charge in [-0.2, -0.15) is 0 Å². The topological polar surface area (TPSA) is 80.3 Å². The van der Waals surface area contributed by atoms with Crippen LogP contribution in [0.2, 0.25) is 0 Å². The zero-order valence-corrected chi connectivity index (χ0v) is 15.5.